The molecule has 2 rings (SSSR count). The summed E-state index contributed by atoms with van der Waals surface area (Å²) >= 11 is 5.70. The molecule has 2 aromatic rings. The second-order valence-electron chi connectivity index (χ2n) is 4.03. The minimum absolute atomic E-state index is 0.00466. The summed E-state index contributed by atoms with van der Waals surface area (Å²) in [5.41, 5.74) is -0.430. The number of hydrogen-bond donors (Lipinski definition) is 2. The van der Waals surface area contributed by atoms with Crippen LogP contribution < -0.4 is 5.69 Å². The van der Waals surface area contributed by atoms with Crippen molar-refractivity contribution in [3.8, 4) is 11.4 Å². The first-order valence-corrected chi connectivity index (χ1v) is 5.83. The average molecular weight is 308 g/mol. The van der Waals surface area contributed by atoms with Crippen LogP contribution in [-0.2, 0) is 6.54 Å². The molecule has 9 heteroatoms. The van der Waals surface area contributed by atoms with Crippen LogP contribution in [0.4, 0.5) is 13.2 Å². The molecule has 0 saturated carbocycles. The third-order valence-electron chi connectivity index (χ3n) is 2.59. The van der Waals surface area contributed by atoms with E-state index in [0.717, 1.165) is 4.57 Å². The fourth-order valence-electron chi connectivity index (χ4n) is 1.58. The molecule has 0 saturated heterocycles. The molecular formula is C11H9ClF3N3O2. The molecule has 108 valence electrons. The molecule has 0 fully saturated rings. The summed E-state index contributed by atoms with van der Waals surface area (Å²) in [5.74, 6) is -0.00466. The zero-order valence-corrected chi connectivity index (χ0v) is 10.6. The van der Waals surface area contributed by atoms with Crippen molar-refractivity contribution in [2.75, 3.05) is 0 Å². The first-order chi connectivity index (χ1) is 9.29. The first kappa shape index (κ1) is 14.6. The zero-order chi connectivity index (χ0) is 14.9. The highest BCUT2D eigenvalue weighted by Gasteiger charge is 2.39. The van der Waals surface area contributed by atoms with Crippen LogP contribution in [0, 0.1) is 0 Å². The van der Waals surface area contributed by atoms with Gasteiger partial charge >= 0.3 is 11.9 Å². The molecule has 0 aliphatic carbocycles. The topological polar surface area (TPSA) is 70.9 Å². The van der Waals surface area contributed by atoms with E-state index in [0.29, 0.717) is 10.6 Å². The Morgan fingerprint density at radius 1 is 1.35 bits per heavy atom. The second kappa shape index (κ2) is 5.29. The van der Waals surface area contributed by atoms with Gasteiger partial charge in [0.05, 0.1) is 6.54 Å². The van der Waals surface area contributed by atoms with E-state index < -0.39 is 24.5 Å². The van der Waals surface area contributed by atoms with Crippen LogP contribution in [0.1, 0.15) is 0 Å². The number of aliphatic hydroxyl groups excluding tert-OH is 1. The highest BCUT2D eigenvalue weighted by atomic mass is 35.5. The van der Waals surface area contributed by atoms with Crippen molar-refractivity contribution in [2.24, 2.45) is 0 Å². The fourth-order valence-corrected chi connectivity index (χ4v) is 1.71. The maximum Gasteiger partial charge on any atom is 0.416 e. The fraction of sp³-hybridized carbons (Fsp3) is 0.273. The van der Waals surface area contributed by atoms with Crippen LogP contribution in [0.3, 0.4) is 0 Å². The summed E-state index contributed by atoms with van der Waals surface area (Å²) in [6, 6.07) is 6.05. The van der Waals surface area contributed by atoms with Crippen molar-refractivity contribution in [2.45, 2.75) is 18.8 Å². The summed E-state index contributed by atoms with van der Waals surface area (Å²) < 4.78 is 37.8. The minimum Gasteiger partial charge on any atom is -0.382 e. The van der Waals surface area contributed by atoms with Crippen molar-refractivity contribution in [3.63, 3.8) is 0 Å². The number of aliphatic hydroxyl groups is 1. The predicted octanol–water partition coefficient (Wildman–Crippen LogP) is 1.81. The Morgan fingerprint density at radius 2 is 1.95 bits per heavy atom. The van der Waals surface area contributed by atoms with E-state index in [-0.39, 0.29) is 5.82 Å². The maximum atomic E-state index is 12.3. The van der Waals surface area contributed by atoms with Crippen LogP contribution in [0.25, 0.3) is 11.4 Å². The molecule has 0 bridgehead atoms. The van der Waals surface area contributed by atoms with Crippen LogP contribution in [-0.4, -0.2) is 32.2 Å². The van der Waals surface area contributed by atoms with Gasteiger partial charge in [-0.1, -0.05) is 11.6 Å². The van der Waals surface area contributed by atoms with Crippen molar-refractivity contribution in [1.82, 2.24) is 14.8 Å². The third-order valence-corrected chi connectivity index (χ3v) is 2.85. The second-order valence-corrected chi connectivity index (χ2v) is 4.46. The Morgan fingerprint density at radius 3 is 2.50 bits per heavy atom. The quantitative estimate of drug-likeness (QED) is 0.908. The Bertz CT molecular complexity index is 648. The van der Waals surface area contributed by atoms with Gasteiger partial charge in [0.25, 0.3) is 0 Å². The normalized spacial score (nSPS) is 13.4. The SMILES string of the molecule is O=c1[nH]nc(-c2ccc(Cl)cc2)n1C[C@@H](O)C(F)(F)F. The van der Waals surface area contributed by atoms with Gasteiger partial charge < -0.3 is 5.11 Å². The number of nitrogens with one attached hydrogen (secondary N) is 1. The van der Waals surface area contributed by atoms with Crippen LogP contribution in [0.2, 0.25) is 5.02 Å². The number of nitrogens with zero attached hydrogens (tertiary/aromatic N) is 2. The first-order valence-electron chi connectivity index (χ1n) is 5.45. The number of alkyl halides is 3. The Balaban J connectivity index is 2.37. The zero-order valence-electron chi connectivity index (χ0n) is 9.86. The van der Waals surface area contributed by atoms with Gasteiger partial charge in [-0.2, -0.15) is 18.3 Å². The molecule has 20 heavy (non-hydrogen) atoms. The van der Waals surface area contributed by atoms with Gasteiger partial charge in [0.1, 0.15) is 0 Å². The Labute approximate surface area is 115 Å². The van der Waals surface area contributed by atoms with E-state index in [1.165, 1.54) is 24.3 Å². The van der Waals surface area contributed by atoms with E-state index in [4.69, 9.17) is 16.7 Å². The number of hydrogen-bond acceptors (Lipinski definition) is 3. The van der Waals surface area contributed by atoms with E-state index in [2.05, 4.69) is 10.2 Å². The lowest BCUT2D eigenvalue weighted by Crippen LogP contribution is -2.36. The number of H-pyrrole nitrogens is 1. The lowest BCUT2D eigenvalue weighted by molar-refractivity contribution is -0.207. The molecule has 2 N–H and O–H groups in total. The summed E-state index contributed by atoms with van der Waals surface area (Å²) in [6.07, 6.45) is -7.46. The summed E-state index contributed by atoms with van der Waals surface area (Å²) in [4.78, 5) is 11.5. The van der Waals surface area contributed by atoms with Crippen molar-refractivity contribution < 1.29 is 18.3 Å². The third kappa shape index (κ3) is 3.02. The highest BCUT2D eigenvalue weighted by molar-refractivity contribution is 6.30. The number of rotatable bonds is 3. The lowest BCUT2D eigenvalue weighted by Gasteiger charge is -2.15. The van der Waals surface area contributed by atoms with E-state index in [1.807, 2.05) is 0 Å². The van der Waals surface area contributed by atoms with Gasteiger partial charge in [-0.25, -0.2) is 9.89 Å². The standard InChI is InChI=1S/C11H9ClF3N3O2/c12-7-3-1-6(2-4-7)9-16-17-10(20)18(9)5-8(19)11(13,14)15/h1-4,8,19H,5H2,(H,17,20)/t8-/m1/s1. The van der Waals surface area contributed by atoms with Gasteiger partial charge in [-0.05, 0) is 24.3 Å². The van der Waals surface area contributed by atoms with Crippen molar-refractivity contribution >= 4 is 11.6 Å². The summed E-state index contributed by atoms with van der Waals surface area (Å²) in [6.45, 7) is -0.934. The summed E-state index contributed by atoms with van der Waals surface area (Å²) in [7, 11) is 0. The number of aromatic nitrogens is 3. The van der Waals surface area contributed by atoms with Crippen LogP contribution in [0.15, 0.2) is 29.1 Å². The largest absolute Gasteiger partial charge is 0.416 e. The predicted molar refractivity (Wildman–Crippen MR) is 65.4 cm³/mol. The number of aromatic amines is 1. The van der Waals surface area contributed by atoms with E-state index >= 15 is 0 Å². The molecule has 0 aliphatic rings. The molecule has 0 amide bonds. The van der Waals surface area contributed by atoms with Gasteiger partial charge in [0, 0.05) is 10.6 Å². The minimum atomic E-state index is -4.81. The maximum absolute atomic E-state index is 12.3. The smallest absolute Gasteiger partial charge is 0.382 e. The lowest BCUT2D eigenvalue weighted by atomic mass is 10.2. The molecule has 0 spiro atoms. The van der Waals surface area contributed by atoms with Crippen LogP contribution in [0.5, 0.6) is 0 Å². The molecule has 1 aromatic carbocycles. The van der Waals surface area contributed by atoms with Crippen molar-refractivity contribution in [3.05, 3.63) is 39.8 Å². The summed E-state index contributed by atoms with van der Waals surface area (Å²) in [5, 5.41) is 15.2. The van der Waals surface area contributed by atoms with Gasteiger partial charge in [0.15, 0.2) is 11.9 Å². The van der Waals surface area contributed by atoms with Crippen LogP contribution >= 0.6 is 11.6 Å². The molecule has 0 aliphatic heterocycles. The Hall–Kier alpha value is -1.80. The molecule has 0 unspecified atom stereocenters. The van der Waals surface area contributed by atoms with Gasteiger partial charge in [0.2, 0.25) is 0 Å². The Kier molecular flexibility index (Phi) is 3.87. The highest BCUT2D eigenvalue weighted by Crippen LogP contribution is 2.23. The van der Waals surface area contributed by atoms with E-state index in [9.17, 15) is 18.0 Å². The monoisotopic (exact) mass is 307 g/mol. The number of benzene rings is 1. The molecule has 5 nitrogen and oxygen atoms in total. The van der Waals surface area contributed by atoms with E-state index in [1.54, 1.807) is 0 Å². The molecule has 1 heterocycles. The molecular weight excluding hydrogens is 299 g/mol. The molecule has 1 aromatic heterocycles. The van der Waals surface area contributed by atoms with Crippen molar-refractivity contribution in [1.29, 1.82) is 0 Å². The molecule has 1 atom stereocenters. The number of halogens is 4. The van der Waals surface area contributed by atoms with Gasteiger partial charge in [-0.15, -0.1) is 0 Å². The molecule has 0 radical (unpaired) electrons. The average Bonchev–Trinajstić information content (AvgIpc) is 2.71. The van der Waals surface area contributed by atoms with Gasteiger partial charge in [-0.3, -0.25) is 4.57 Å².